The third kappa shape index (κ3) is 6.21. The zero-order valence-electron chi connectivity index (χ0n) is 21.4. The second-order valence-corrected chi connectivity index (χ2v) is 9.62. The standard InChI is InChI=1S/C29H26F3N5O2/c1-18-5-7-21(11-20(18)8-6-19-10-26-27(33-15-19)35-17-34-26)28(38)36-23-12-22(29(30,31)32)13-25(14-23)39-16-24-4-3-9-37(24)2/h5,7,10-15,17,24H,3-4,9,16H2,1-2H3,(H,36,38)(H,33,34,35)/p+1/t24-/m0/s1. The van der Waals surface area contributed by atoms with Crippen molar-refractivity contribution in [1.29, 1.82) is 0 Å². The molecule has 1 saturated heterocycles. The first-order valence-corrected chi connectivity index (χ1v) is 12.5. The number of imidazole rings is 1. The summed E-state index contributed by atoms with van der Waals surface area (Å²) >= 11 is 0. The molecule has 0 bridgehead atoms. The van der Waals surface area contributed by atoms with Crippen LogP contribution in [-0.4, -0.2) is 47.0 Å². The fraction of sp³-hybridized carbons (Fsp3) is 0.276. The lowest BCUT2D eigenvalue weighted by atomic mass is 10.0. The van der Waals surface area contributed by atoms with E-state index in [1.165, 1.54) is 6.07 Å². The summed E-state index contributed by atoms with van der Waals surface area (Å²) in [6.07, 6.45) is 0.673. The van der Waals surface area contributed by atoms with Crippen molar-refractivity contribution in [3.05, 3.63) is 82.8 Å². The summed E-state index contributed by atoms with van der Waals surface area (Å²) < 4.78 is 46.5. The number of hydrogen-bond acceptors (Lipinski definition) is 4. The van der Waals surface area contributed by atoms with Crippen LogP contribution in [0.15, 0.2) is 55.0 Å². The number of fused-ring (bicyclic) bond motifs is 1. The van der Waals surface area contributed by atoms with Crippen LogP contribution in [0.5, 0.6) is 5.75 Å². The predicted molar refractivity (Wildman–Crippen MR) is 140 cm³/mol. The van der Waals surface area contributed by atoms with Crippen molar-refractivity contribution >= 4 is 22.8 Å². The SMILES string of the molecule is Cc1ccc(C(=O)Nc2cc(OC[C@@H]3CCCN3C)cc(C(F)(F)F)c2)cc1C#Cc1cnc2[nH+]c[nH]c2c1. The van der Waals surface area contributed by atoms with Crippen LogP contribution < -0.4 is 15.0 Å². The number of anilines is 1. The average molecular weight is 535 g/mol. The molecule has 3 N–H and O–H groups in total. The minimum absolute atomic E-state index is 0.0000553. The highest BCUT2D eigenvalue weighted by atomic mass is 19.4. The molecule has 7 nitrogen and oxygen atoms in total. The van der Waals surface area contributed by atoms with Gasteiger partial charge >= 0.3 is 6.18 Å². The van der Waals surface area contributed by atoms with Gasteiger partial charge in [-0.3, -0.25) is 9.78 Å². The van der Waals surface area contributed by atoms with Gasteiger partial charge in [-0.2, -0.15) is 13.2 Å². The Morgan fingerprint density at radius 2 is 2.08 bits per heavy atom. The quantitative estimate of drug-likeness (QED) is 0.360. The minimum atomic E-state index is -4.59. The number of aromatic nitrogens is 3. The van der Waals surface area contributed by atoms with Crippen LogP contribution in [0.25, 0.3) is 11.2 Å². The normalized spacial score (nSPS) is 15.7. The van der Waals surface area contributed by atoms with Crippen molar-refractivity contribution in [3.63, 3.8) is 0 Å². The molecule has 1 atom stereocenters. The largest absolute Gasteiger partial charge is 0.492 e. The maximum Gasteiger partial charge on any atom is 0.416 e. The number of likely N-dealkylation sites (N-methyl/N-ethyl adjacent to an activating group) is 1. The molecule has 2 aromatic carbocycles. The monoisotopic (exact) mass is 534 g/mol. The predicted octanol–water partition coefficient (Wildman–Crippen LogP) is 4.83. The van der Waals surface area contributed by atoms with Crippen molar-refractivity contribution in [2.75, 3.05) is 25.5 Å². The highest BCUT2D eigenvalue weighted by molar-refractivity contribution is 6.04. The molecule has 1 aliphatic heterocycles. The number of H-pyrrole nitrogens is 2. The zero-order chi connectivity index (χ0) is 27.6. The molecule has 0 aliphatic carbocycles. The van der Waals surface area contributed by atoms with E-state index >= 15 is 0 Å². The summed E-state index contributed by atoms with van der Waals surface area (Å²) in [7, 11) is 1.97. The van der Waals surface area contributed by atoms with Gasteiger partial charge in [0.2, 0.25) is 0 Å². The molecule has 2 aromatic heterocycles. The first-order chi connectivity index (χ1) is 18.7. The molecule has 1 amide bonds. The smallest absolute Gasteiger partial charge is 0.416 e. The van der Waals surface area contributed by atoms with E-state index in [1.54, 1.807) is 30.7 Å². The Hall–Kier alpha value is -4.36. The lowest BCUT2D eigenvalue weighted by Crippen LogP contribution is -2.30. The van der Waals surface area contributed by atoms with Gasteiger partial charge < -0.3 is 15.0 Å². The first-order valence-electron chi connectivity index (χ1n) is 12.5. The minimum Gasteiger partial charge on any atom is -0.492 e. The van der Waals surface area contributed by atoms with E-state index < -0.39 is 17.6 Å². The van der Waals surface area contributed by atoms with Gasteiger partial charge in [0.25, 0.3) is 11.6 Å². The third-order valence-corrected chi connectivity index (χ3v) is 6.77. The van der Waals surface area contributed by atoms with Crippen molar-refractivity contribution < 1.29 is 27.7 Å². The maximum absolute atomic E-state index is 13.6. The molecule has 0 unspecified atom stereocenters. The number of carbonyl (C=O) groups excluding carboxylic acids is 1. The van der Waals surface area contributed by atoms with Crippen LogP contribution in [0.3, 0.4) is 0 Å². The number of halogens is 3. The van der Waals surface area contributed by atoms with Gasteiger partial charge in [0.05, 0.1) is 11.1 Å². The maximum atomic E-state index is 13.6. The van der Waals surface area contributed by atoms with E-state index in [4.69, 9.17) is 4.74 Å². The van der Waals surface area contributed by atoms with Crippen LogP contribution in [-0.2, 0) is 6.18 Å². The van der Waals surface area contributed by atoms with Crippen LogP contribution in [0.1, 0.15) is 45.5 Å². The molecule has 10 heteroatoms. The number of hydrogen-bond donors (Lipinski definition) is 2. The Morgan fingerprint density at radius 3 is 2.85 bits per heavy atom. The lowest BCUT2D eigenvalue weighted by Gasteiger charge is -2.20. The van der Waals surface area contributed by atoms with Crippen molar-refractivity contribution in [3.8, 4) is 17.6 Å². The molecule has 3 heterocycles. The number of aromatic amines is 2. The summed E-state index contributed by atoms with van der Waals surface area (Å²) in [5.41, 5.74) is 3.06. The molecule has 0 radical (unpaired) electrons. The summed E-state index contributed by atoms with van der Waals surface area (Å²) in [5, 5.41) is 2.59. The summed E-state index contributed by atoms with van der Waals surface area (Å²) in [5.74, 6) is 5.62. The second-order valence-electron chi connectivity index (χ2n) is 9.62. The number of rotatable bonds is 5. The van der Waals surface area contributed by atoms with E-state index in [2.05, 4.69) is 37.0 Å². The summed E-state index contributed by atoms with van der Waals surface area (Å²) in [4.78, 5) is 25.5. The number of aryl methyl sites for hydroxylation is 1. The third-order valence-electron chi connectivity index (χ3n) is 6.77. The summed E-state index contributed by atoms with van der Waals surface area (Å²) in [6, 6.07) is 10.3. The molecular formula is C29H27F3N5O2+. The lowest BCUT2D eigenvalue weighted by molar-refractivity contribution is -0.347. The molecule has 39 heavy (non-hydrogen) atoms. The number of carbonyl (C=O) groups is 1. The number of alkyl halides is 3. The zero-order valence-corrected chi connectivity index (χ0v) is 21.4. The Labute approximate surface area is 223 Å². The summed E-state index contributed by atoms with van der Waals surface area (Å²) in [6.45, 7) is 3.07. The Morgan fingerprint density at radius 1 is 1.23 bits per heavy atom. The van der Waals surface area contributed by atoms with Crippen molar-refractivity contribution in [1.82, 2.24) is 14.9 Å². The number of nitrogens with one attached hydrogen (secondary N) is 3. The molecular weight excluding hydrogens is 507 g/mol. The van der Waals surface area contributed by atoms with Gasteiger partial charge in [-0.15, -0.1) is 4.98 Å². The number of ether oxygens (including phenoxy) is 1. The number of nitrogens with zero attached hydrogens (tertiary/aromatic N) is 2. The Balaban J connectivity index is 1.35. The molecule has 0 spiro atoms. The number of benzene rings is 2. The van der Waals surface area contributed by atoms with E-state index in [0.717, 1.165) is 42.6 Å². The van der Waals surface area contributed by atoms with E-state index in [0.29, 0.717) is 16.8 Å². The first kappa shape index (κ1) is 26.3. The van der Waals surface area contributed by atoms with Gasteiger partial charge in [-0.25, -0.2) is 4.98 Å². The highest BCUT2D eigenvalue weighted by Gasteiger charge is 2.32. The Bertz CT molecular complexity index is 1590. The van der Waals surface area contributed by atoms with Crippen LogP contribution in [0.4, 0.5) is 18.9 Å². The van der Waals surface area contributed by atoms with Crippen LogP contribution in [0.2, 0.25) is 0 Å². The van der Waals surface area contributed by atoms with Crippen molar-refractivity contribution in [2.24, 2.45) is 0 Å². The molecule has 1 aliphatic rings. The van der Waals surface area contributed by atoms with Crippen LogP contribution in [0, 0.1) is 18.8 Å². The molecule has 1 fully saturated rings. The van der Waals surface area contributed by atoms with Gasteiger partial charge in [-0.1, -0.05) is 17.9 Å². The second kappa shape index (κ2) is 10.8. The van der Waals surface area contributed by atoms with Gasteiger partial charge in [0.15, 0.2) is 11.8 Å². The topological polar surface area (TPSA) is 84.4 Å². The average Bonchev–Trinajstić information content (AvgIpc) is 3.54. The fourth-order valence-corrected chi connectivity index (χ4v) is 4.48. The van der Waals surface area contributed by atoms with Crippen LogP contribution >= 0.6 is 0 Å². The van der Waals surface area contributed by atoms with E-state index in [9.17, 15) is 18.0 Å². The molecule has 4 aromatic rings. The van der Waals surface area contributed by atoms with Gasteiger partial charge in [-0.05, 0) is 63.2 Å². The Kier molecular flexibility index (Phi) is 7.26. The number of likely N-dealkylation sites (tertiary alicyclic amines) is 1. The molecule has 200 valence electrons. The number of pyridine rings is 1. The number of amides is 1. The highest BCUT2D eigenvalue weighted by Crippen LogP contribution is 2.34. The molecule has 5 rings (SSSR count). The van der Waals surface area contributed by atoms with E-state index in [-0.39, 0.29) is 29.6 Å². The van der Waals surface area contributed by atoms with Crippen molar-refractivity contribution in [2.45, 2.75) is 32.0 Å². The van der Waals surface area contributed by atoms with Gasteiger partial charge in [0.1, 0.15) is 18.6 Å². The van der Waals surface area contributed by atoms with Gasteiger partial charge in [0, 0.05) is 35.0 Å². The fourth-order valence-electron chi connectivity index (χ4n) is 4.48. The molecule has 0 saturated carbocycles. The van der Waals surface area contributed by atoms with E-state index in [1.807, 2.05) is 20.0 Å².